The third-order valence-corrected chi connectivity index (χ3v) is 14.6. The molecule has 4 atom stereocenters. The van der Waals surface area contributed by atoms with Gasteiger partial charge in [-0.15, -0.1) is 0 Å². The number of carbonyl (C=O) groups is 5. The van der Waals surface area contributed by atoms with E-state index >= 15 is 0 Å². The molecule has 17 heteroatoms. The van der Waals surface area contributed by atoms with Crippen LogP contribution in [0.3, 0.4) is 0 Å². The Hall–Kier alpha value is -6.32. The smallest absolute Gasteiger partial charge is 0.324 e. The molecule has 4 aliphatic rings. The lowest BCUT2D eigenvalue weighted by Crippen LogP contribution is -2.62. The van der Waals surface area contributed by atoms with Gasteiger partial charge in [0.25, 0.3) is 11.8 Å². The number of hydrazine groups is 1. The number of methoxy groups -OCH3 is 1. The number of morpholine rings is 1. The second kappa shape index (κ2) is 23.3. The van der Waals surface area contributed by atoms with Crippen LogP contribution >= 0.6 is 0 Å². The second-order valence-corrected chi connectivity index (χ2v) is 21.0. The summed E-state index contributed by atoms with van der Waals surface area (Å²) in [5.41, 5.74) is 9.53. The Labute approximate surface area is 428 Å². The molecule has 4 amide bonds. The largest absolute Gasteiger partial charge is 0.508 e. The quantitative estimate of drug-likeness (QED) is 0.136. The van der Waals surface area contributed by atoms with Crippen molar-refractivity contribution >= 4 is 40.5 Å². The maximum Gasteiger partial charge on any atom is 0.324 e. The summed E-state index contributed by atoms with van der Waals surface area (Å²) in [4.78, 5) is 80.8. The van der Waals surface area contributed by atoms with E-state index in [1.165, 1.54) is 9.91 Å². The van der Waals surface area contributed by atoms with Crippen molar-refractivity contribution in [1.29, 1.82) is 0 Å². The molecule has 0 saturated carbocycles. The Kier molecular flexibility index (Phi) is 16.9. The van der Waals surface area contributed by atoms with Crippen LogP contribution in [0.1, 0.15) is 77.1 Å². The predicted molar refractivity (Wildman–Crippen MR) is 276 cm³/mol. The Bertz CT molecular complexity index is 2750. The van der Waals surface area contributed by atoms with Gasteiger partial charge in [-0.2, -0.15) is 0 Å². The van der Waals surface area contributed by atoms with Gasteiger partial charge in [-0.25, -0.2) is 5.43 Å². The zero-order valence-electron chi connectivity index (χ0n) is 43.5. The molecule has 17 nitrogen and oxygen atoms in total. The molecule has 6 heterocycles. The Morgan fingerprint density at radius 3 is 2.59 bits per heavy atom. The highest BCUT2D eigenvalue weighted by molar-refractivity contribution is 5.97. The Morgan fingerprint density at radius 2 is 1.84 bits per heavy atom. The number of nitrogens with one attached hydrogen (secondary N) is 2. The number of carbonyl (C=O) groups excluding carboxylic acids is 5. The van der Waals surface area contributed by atoms with Crippen LogP contribution in [-0.4, -0.2) is 155 Å². The molecule has 8 rings (SSSR count). The number of pyridine rings is 1. The van der Waals surface area contributed by atoms with E-state index in [0.29, 0.717) is 76.1 Å². The van der Waals surface area contributed by atoms with Crippen LogP contribution in [0, 0.1) is 29.1 Å². The first kappa shape index (κ1) is 53.0. The molecule has 3 N–H and O–H groups in total. The third kappa shape index (κ3) is 12.2. The number of cyclic esters (lactones) is 1. The number of nitrogens with zero attached hydrogens (tertiary/aromatic N) is 6. The van der Waals surface area contributed by atoms with E-state index in [1.54, 1.807) is 37.4 Å². The van der Waals surface area contributed by atoms with Crippen molar-refractivity contribution in [1.82, 2.24) is 40.0 Å². The molecule has 3 fully saturated rings. The fraction of sp³-hybridized carbons (Fsp3) is 0.536. The van der Waals surface area contributed by atoms with Crippen LogP contribution in [0.2, 0.25) is 0 Å². The van der Waals surface area contributed by atoms with Crippen LogP contribution in [0.5, 0.6) is 5.75 Å². The molecular formula is C56H72N8O9. The van der Waals surface area contributed by atoms with Crippen molar-refractivity contribution in [2.24, 2.45) is 17.3 Å². The zero-order valence-corrected chi connectivity index (χ0v) is 43.5. The molecule has 0 spiro atoms. The number of fused-ring (bicyclic) bond motifs is 6. The fourth-order valence-corrected chi connectivity index (χ4v) is 10.9. The summed E-state index contributed by atoms with van der Waals surface area (Å²) in [6.07, 6.45) is 4.21. The number of phenols is 1. The molecule has 0 radical (unpaired) electrons. The van der Waals surface area contributed by atoms with E-state index in [2.05, 4.69) is 71.0 Å². The van der Waals surface area contributed by atoms with Crippen molar-refractivity contribution in [3.05, 3.63) is 71.5 Å². The van der Waals surface area contributed by atoms with Gasteiger partial charge in [-0.3, -0.25) is 38.9 Å². The normalized spacial score (nSPS) is 21.0. The summed E-state index contributed by atoms with van der Waals surface area (Å²) < 4.78 is 19.4. The summed E-state index contributed by atoms with van der Waals surface area (Å²) in [5, 5.41) is 16.8. The molecule has 4 aliphatic heterocycles. The van der Waals surface area contributed by atoms with Crippen molar-refractivity contribution in [2.45, 2.75) is 104 Å². The number of phenolic OH excluding ortho intramolecular Hbond substituents is 1. The number of aryl methyl sites for hydroxylation is 1. The summed E-state index contributed by atoms with van der Waals surface area (Å²) in [6, 6.07) is 12.5. The van der Waals surface area contributed by atoms with Crippen molar-refractivity contribution in [3.63, 3.8) is 0 Å². The summed E-state index contributed by atoms with van der Waals surface area (Å²) in [7, 11) is 3.25. The lowest BCUT2D eigenvalue weighted by molar-refractivity contribution is -0.155. The number of hydrogen-bond donors (Lipinski definition) is 3. The monoisotopic (exact) mass is 1000 g/mol. The first-order valence-electron chi connectivity index (χ1n) is 25.9. The van der Waals surface area contributed by atoms with Crippen LogP contribution < -0.4 is 10.7 Å². The molecule has 2 aromatic heterocycles. The van der Waals surface area contributed by atoms with Crippen LogP contribution in [0.25, 0.3) is 33.3 Å². The van der Waals surface area contributed by atoms with Gasteiger partial charge < -0.3 is 39.0 Å². The number of rotatable bonds is 11. The number of amides is 4. The minimum atomic E-state index is -1.18. The van der Waals surface area contributed by atoms with Crippen LogP contribution in [0.15, 0.2) is 54.7 Å². The molecule has 3 saturated heterocycles. The van der Waals surface area contributed by atoms with Gasteiger partial charge in [-0.05, 0) is 103 Å². The lowest BCUT2D eigenvalue weighted by atomic mass is 9.84. The van der Waals surface area contributed by atoms with E-state index in [9.17, 15) is 29.1 Å². The molecule has 73 heavy (non-hydrogen) atoms. The minimum absolute atomic E-state index is 0.0142. The minimum Gasteiger partial charge on any atom is -0.508 e. The highest BCUT2D eigenvalue weighted by atomic mass is 16.5. The SMILES string of the molecule is CCn1c(-c2cccnc2COC)c2c3cc(ccc31)-c1cc(O)cc(c1)C[C@H](NC(=O)[C@H](C(C)C)N(C)C(=O)[C@H]1CCN(C(=O)C#CCCN3CCOCC3)C1)C(=O)N1CCC[C@H](N1)C(=O)OCC(C)(C)C2. The number of aromatic hydroxyl groups is 1. The average Bonchev–Trinajstić information content (AvgIpc) is 3.99. The molecule has 2 aromatic carbocycles. The van der Waals surface area contributed by atoms with E-state index in [-0.39, 0.29) is 49.6 Å². The maximum absolute atomic E-state index is 14.8. The second-order valence-electron chi connectivity index (χ2n) is 21.0. The van der Waals surface area contributed by atoms with Gasteiger partial charge >= 0.3 is 5.97 Å². The average molecular weight is 1000 g/mol. The van der Waals surface area contributed by atoms with Crippen molar-refractivity contribution in [2.75, 3.05) is 73.2 Å². The number of aromatic nitrogens is 2. The zero-order chi connectivity index (χ0) is 52.0. The number of likely N-dealkylation sites (tertiary alicyclic amines) is 1. The van der Waals surface area contributed by atoms with Gasteiger partial charge in [0.05, 0.1) is 43.7 Å². The fourth-order valence-electron chi connectivity index (χ4n) is 10.9. The number of hydrogen-bond acceptors (Lipinski definition) is 12. The molecule has 390 valence electrons. The van der Waals surface area contributed by atoms with Gasteiger partial charge in [0.2, 0.25) is 11.8 Å². The highest BCUT2D eigenvalue weighted by Gasteiger charge is 2.40. The standard InChI is InChI=1S/C56H72N8O9/c1-8-63-48-17-16-38-31-43(48)44(51(63)42-13-11-19-57-47(42)34-71-7)32-56(4,5)35-73-55(70)45-14-12-21-64(59-45)54(69)46(29-37-27-40(38)30-41(65)28-37)58-52(67)50(36(2)3)60(6)53(68)39-18-22-62(33-39)49(66)15-9-10-20-61-23-25-72-26-24-61/h11,13,16-17,19,27-28,30-31,36,39,45-46,50,59,65H,8,10,12,14,18,20-26,29,32-35H2,1-7H3,(H,58,67)/t39-,45-,46-,50-/m0/s1. The van der Waals surface area contributed by atoms with E-state index in [1.807, 2.05) is 32.0 Å². The summed E-state index contributed by atoms with van der Waals surface area (Å²) >= 11 is 0. The van der Waals surface area contributed by atoms with Gasteiger partial charge in [0.1, 0.15) is 23.9 Å². The Balaban J connectivity index is 1.09. The number of esters is 1. The third-order valence-electron chi connectivity index (χ3n) is 14.6. The van der Waals surface area contributed by atoms with Crippen molar-refractivity contribution < 1.29 is 43.3 Å². The topological polar surface area (TPSA) is 188 Å². The summed E-state index contributed by atoms with van der Waals surface area (Å²) in [6.45, 7) is 15.7. The first-order valence-corrected chi connectivity index (χ1v) is 25.9. The molecule has 6 bridgehead atoms. The van der Waals surface area contributed by atoms with Crippen molar-refractivity contribution in [3.8, 4) is 40.0 Å². The number of ether oxygens (including phenoxy) is 3. The Morgan fingerprint density at radius 1 is 1.04 bits per heavy atom. The molecule has 4 aromatic rings. The summed E-state index contributed by atoms with van der Waals surface area (Å²) in [5.74, 6) is 2.74. The van der Waals surface area contributed by atoms with E-state index in [4.69, 9.17) is 19.2 Å². The van der Waals surface area contributed by atoms with Gasteiger partial charge in [-0.1, -0.05) is 45.7 Å². The molecule has 0 aliphatic carbocycles. The van der Waals surface area contributed by atoms with Crippen LogP contribution in [-0.2, 0) is 64.2 Å². The van der Waals surface area contributed by atoms with Crippen LogP contribution in [0.4, 0.5) is 0 Å². The van der Waals surface area contributed by atoms with E-state index < -0.39 is 47.2 Å². The lowest BCUT2D eigenvalue weighted by Gasteiger charge is -2.37. The number of benzene rings is 2. The van der Waals surface area contributed by atoms with Gasteiger partial charge in [0.15, 0.2) is 0 Å². The predicted octanol–water partition coefficient (Wildman–Crippen LogP) is 4.95. The highest BCUT2D eigenvalue weighted by Crippen LogP contribution is 2.41. The number of likely N-dealkylation sites (N-methyl/N-ethyl adjacent to an activating group) is 1. The van der Waals surface area contributed by atoms with Gasteiger partial charge in [0, 0.05) is 101 Å². The first-order chi connectivity index (χ1) is 35.0. The maximum atomic E-state index is 14.8. The van der Waals surface area contributed by atoms with E-state index in [0.717, 1.165) is 58.6 Å². The molecule has 0 unspecified atom stereocenters. The molecular weight excluding hydrogens is 929 g/mol.